The van der Waals surface area contributed by atoms with E-state index in [0.717, 1.165) is 22.6 Å². The van der Waals surface area contributed by atoms with Crippen LogP contribution in [0.3, 0.4) is 0 Å². The maximum atomic E-state index is 5.73. The lowest BCUT2D eigenvalue weighted by atomic mass is 10.2. The van der Waals surface area contributed by atoms with Gasteiger partial charge in [-0.05, 0) is 42.8 Å². The van der Waals surface area contributed by atoms with Crippen molar-refractivity contribution in [3.8, 4) is 11.5 Å². The molecule has 0 fully saturated rings. The Morgan fingerprint density at radius 3 is 2.41 bits per heavy atom. The van der Waals surface area contributed by atoms with E-state index in [0.29, 0.717) is 12.4 Å². The Kier molecular flexibility index (Phi) is 5.61. The lowest BCUT2D eigenvalue weighted by molar-refractivity contribution is 0.305. The second-order valence-electron chi connectivity index (χ2n) is 5.00. The minimum Gasteiger partial charge on any atom is -0.489 e. The first-order valence-electron chi connectivity index (χ1n) is 7.10. The summed E-state index contributed by atoms with van der Waals surface area (Å²) in [6.07, 6.45) is 3.67. The summed E-state index contributed by atoms with van der Waals surface area (Å²) in [7, 11) is 0. The van der Waals surface area contributed by atoms with Gasteiger partial charge in [-0.25, -0.2) is 0 Å². The normalized spacial score (nSPS) is 10.4. The van der Waals surface area contributed by atoms with Crippen LogP contribution in [0.1, 0.15) is 12.5 Å². The minimum absolute atomic E-state index is 0.495. The zero-order valence-corrected chi connectivity index (χ0v) is 12.8. The molecule has 0 amide bonds. The fourth-order valence-corrected chi connectivity index (χ4v) is 1.80. The van der Waals surface area contributed by atoms with Gasteiger partial charge in [-0.3, -0.25) is 0 Å². The first kappa shape index (κ1) is 15.6. The zero-order valence-electron chi connectivity index (χ0n) is 12.8. The van der Waals surface area contributed by atoms with E-state index in [2.05, 4.69) is 13.2 Å². The van der Waals surface area contributed by atoms with Crippen LogP contribution >= 0.6 is 0 Å². The smallest absolute Gasteiger partial charge is 0.127 e. The Labute approximate surface area is 132 Å². The van der Waals surface area contributed by atoms with Crippen LogP contribution in [0.25, 0.3) is 0 Å². The molecule has 0 heterocycles. The van der Waals surface area contributed by atoms with Gasteiger partial charge in [-0.2, -0.15) is 0 Å². The monoisotopic (exact) mass is 292 g/mol. The average molecular weight is 292 g/mol. The molecule has 0 bridgehead atoms. The molecule has 0 unspecified atom stereocenters. The summed E-state index contributed by atoms with van der Waals surface area (Å²) in [4.78, 5) is 0. The van der Waals surface area contributed by atoms with E-state index >= 15 is 0 Å². The highest BCUT2D eigenvalue weighted by molar-refractivity contribution is 5.32. The molecule has 2 aromatic carbocycles. The van der Waals surface area contributed by atoms with Crippen molar-refractivity contribution in [1.29, 1.82) is 0 Å². The molecular weight excluding hydrogens is 272 g/mol. The van der Waals surface area contributed by atoms with E-state index in [1.807, 2.05) is 67.6 Å². The number of ether oxygens (including phenoxy) is 2. The van der Waals surface area contributed by atoms with Crippen molar-refractivity contribution in [2.75, 3.05) is 0 Å². The molecule has 0 atom stereocenters. The van der Waals surface area contributed by atoms with Crippen molar-refractivity contribution in [1.82, 2.24) is 0 Å². The summed E-state index contributed by atoms with van der Waals surface area (Å²) >= 11 is 0. The Hall–Kier alpha value is -2.74. The maximum Gasteiger partial charge on any atom is 0.127 e. The van der Waals surface area contributed by atoms with Gasteiger partial charge in [-0.1, -0.05) is 55.1 Å². The number of rotatable bonds is 7. The van der Waals surface area contributed by atoms with Crippen LogP contribution in [0.4, 0.5) is 0 Å². The molecule has 2 aromatic rings. The zero-order chi connectivity index (χ0) is 15.8. The van der Waals surface area contributed by atoms with Gasteiger partial charge in [0.25, 0.3) is 0 Å². The molecule has 112 valence electrons. The maximum absolute atomic E-state index is 5.73. The fraction of sp³-hybridized carbons (Fsp3) is 0.100. The third kappa shape index (κ3) is 5.33. The third-order valence-corrected chi connectivity index (χ3v) is 2.85. The largest absolute Gasteiger partial charge is 0.489 e. The highest BCUT2D eigenvalue weighted by atomic mass is 16.5. The quantitative estimate of drug-likeness (QED) is 0.510. The van der Waals surface area contributed by atoms with Crippen molar-refractivity contribution < 1.29 is 9.47 Å². The third-order valence-electron chi connectivity index (χ3n) is 2.85. The molecular formula is C20H20O2. The molecule has 2 heteroatoms. The molecule has 0 saturated carbocycles. The minimum atomic E-state index is 0.495. The van der Waals surface area contributed by atoms with Crippen molar-refractivity contribution in [2.24, 2.45) is 0 Å². The lowest BCUT2D eigenvalue weighted by Gasteiger charge is -2.09. The van der Waals surface area contributed by atoms with Gasteiger partial charge in [0, 0.05) is 0 Å². The van der Waals surface area contributed by atoms with Crippen LogP contribution in [0.2, 0.25) is 0 Å². The highest BCUT2D eigenvalue weighted by Gasteiger charge is 2.00. The van der Waals surface area contributed by atoms with Gasteiger partial charge in [0.05, 0.1) is 0 Å². The van der Waals surface area contributed by atoms with Gasteiger partial charge < -0.3 is 9.47 Å². The molecule has 0 spiro atoms. The fourth-order valence-electron chi connectivity index (χ4n) is 1.80. The van der Waals surface area contributed by atoms with Crippen LogP contribution in [0.15, 0.2) is 91.2 Å². The molecule has 0 aliphatic rings. The van der Waals surface area contributed by atoms with Gasteiger partial charge in [-0.15, -0.1) is 0 Å². The predicted octanol–water partition coefficient (Wildman–Crippen LogP) is 5.29. The van der Waals surface area contributed by atoms with Crippen molar-refractivity contribution >= 4 is 0 Å². The summed E-state index contributed by atoms with van der Waals surface area (Å²) in [5.74, 6) is 2.16. The molecule has 2 rings (SSSR count). The van der Waals surface area contributed by atoms with Gasteiger partial charge in [0.2, 0.25) is 0 Å². The van der Waals surface area contributed by atoms with Gasteiger partial charge in [0.15, 0.2) is 0 Å². The molecule has 0 saturated heterocycles. The first-order chi connectivity index (χ1) is 10.6. The van der Waals surface area contributed by atoms with E-state index in [1.54, 1.807) is 6.08 Å². The Bertz CT molecular complexity index is 669. The van der Waals surface area contributed by atoms with Gasteiger partial charge >= 0.3 is 0 Å². The van der Waals surface area contributed by atoms with E-state index in [1.165, 1.54) is 0 Å². The molecule has 0 aliphatic carbocycles. The average Bonchev–Trinajstić information content (AvgIpc) is 2.52. The van der Waals surface area contributed by atoms with Crippen LogP contribution in [0, 0.1) is 0 Å². The highest BCUT2D eigenvalue weighted by Crippen LogP contribution is 2.18. The summed E-state index contributed by atoms with van der Waals surface area (Å²) < 4.78 is 11.4. The van der Waals surface area contributed by atoms with E-state index < -0.39 is 0 Å². The lowest BCUT2D eigenvalue weighted by Crippen LogP contribution is -1.96. The standard InChI is InChI=1S/C20H20O2/c1-16(2)12-13-17(3)22-20-11-7-8-18(14-20)15-21-19-9-5-4-6-10-19/h4-14H,1,3,15H2,2H3/b13-12-. The van der Waals surface area contributed by atoms with Crippen molar-refractivity contribution in [3.05, 3.63) is 96.8 Å². The number of hydrogen-bond acceptors (Lipinski definition) is 2. The SMILES string of the molecule is C=C(C)/C=C\C(=C)Oc1cccc(COc2ccccc2)c1. The van der Waals surface area contributed by atoms with Crippen LogP contribution in [-0.4, -0.2) is 0 Å². The van der Waals surface area contributed by atoms with E-state index in [4.69, 9.17) is 9.47 Å². The number of allylic oxidation sites excluding steroid dienone is 3. The molecule has 22 heavy (non-hydrogen) atoms. The van der Waals surface area contributed by atoms with Gasteiger partial charge in [0.1, 0.15) is 23.9 Å². The summed E-state index contributed by atoms with van der Waals surface area (Å²) in [5, 5.41) is 0. The topological polar surface area (TPSA) is 18.5 Å². The molecule has 0 aliphatic heterocycles. The number of benzene rings is 2. The Morgan fingerprint density at radius 1 is 0.955 bits per heavy atom. The molecule has 0 radical (unpaired) electrons. The van der Waals surface area contributed by atoms with E-state index in [-0.39, 0.29) is 0 Å². The number of para-hydroxylation sites is 1. The molecule has 2 nitrogen and oxygen atoms in total. The van der Waals surface area contributed by atoms with Crippen LogP contribution < -0.4 is 9.47 Å². The van der Waals surface area contributed by atoms with Crippen molar-refractivity contribution in [2.45, 2.75) is 13.5 Å². The van der Waals surface area contributed by atoms with Crippen LogP contribution in [0.5, 0.6) is 11.5 Å². The Morgan fingerprint density at radius 2 is 1.68 bits per heavy atom. The predicted molar refractivity (Wildman–Crippen MR) is 90.9 cm³/mol. The summed E-state index contributed by atoms with van der Waals surface area (Å²) in [5.41, 5.74) is 1.99. The number of hydrogen-bond donors (Lipinski definition) is 0. The second kappa shape index (κ2) is 7.89. The molecule has 0 N–H and O–H groups in total. The second-order valence-corrected chi connectivity index (χ2v) is 5.00. The summed E-state index contributed by atoms with van der Waals surface area (Å²) in [6, 6.07) is 17.5. The van der Waals surface area contributed by atoms with Crippen molar-refractivity contribution in [3.63, 3.8) is 0 Å². The Balaban J connectivity index is 1.95. The van der Waals surface area contributed by atoms with Crippen LogP contribution in [-0.2, 0) is 6.61 Å². The first-order valence-corrected chi connectivity index (χ1v) is 7.10. The summed E-state index contributed by atoms with van der Waals surface area (Å²) in [6.45, 7) is 10.1. The van der Waals surface area contributed by atoms with E-state index in [9.17, 15) is 0 Å². The molecule has 0 aromatic heterocycles.